The fourth-order valence-corrected chi connectivity index (χ4v) is 1.31. The molecule has 2 rings (SSSR count). The molecule has 3 nitrogen and oxygen atoms in total. The van der Waals surface area contributed by atoms with Gasteiger partial charge in [0.15, 0.2) is 0 Å². The highest BCUT2D eigenvalue weighted by Crippen LogP contribution is 2.24. The largest absolute Gasteiger partial charge is 0.382 e. The molecule has 1 aromatic heterocycles. The third kappa shape index (κ3) is 1.35. The van der Waals surface area contributed by atoms with Crippen molar-refractivity contribution in [1.82, 2.24) is 4.98 Å². The molecule has 0 aliphatic heterocycles. The summed E-state index contributed by atoms with van der Waals surface area (Å²) in [6.45, 7) is 0. The molecule has 1 aromatic rings. The number of anilines is 2. The van der Waals surface area contributed by atoms with Gasteiger partial charge in [0.05, 0.1) is 5.69 Å². The van der Waals surface area contributed by atoms with E-state index in [1.54, 1.807) is 6.20 Å². The van der Waals surface area contributed by atoms with Crippen LogP contribution in [0.1, 0.15) is 19.3 Å². The number of nitrogens with one attached hydrogen (secondary N) is 1. The molecular formula is C9H13N3. The Kier molecular flexibility index (Phi) is 1.86. The standard InChI is InChI=1S/C9H13N3/c10-9-8(5-2-6-11-9)12-7-3-1-4-7/h2,5-7,12H,1,3-4H2,(H2,10,11). The van der Waals surface area contributed by atoms with Crippen molar-refractivity contribution in [1.29, 1.82) is 0 Å². The van der Waals surface area contributed by atoms with E-state index in [1.165, 1.54) is 19.3 Å². The maximum absolute atomic E-state index is 5.67. The Morgan fingerprint density at radius 2 is 2.33 bits per heavy atom. The van der Waals surface area contributed by atoms with Gasteiger partial charge in [-0.1, -0.05) is 0 Å². The van der Waals surface area contributed by atoms with Crippen LogP contribution < -0.4 is 11.1 Å². The van der Waals surface area contributed by atoms with E-state index in [2.05, 4.69) is 10.3 Å². The highest BCUT2D eigenvalue weighted by molar-refractivity contribution is 5.61. The van der Waals surface area contributed by atoms with E-state index in [0.29, 0.717) is 11.9 Å². The number of pyridine rings is 1. The van der Waals surface area contributed by atoms with Gasteiger partial charge in [-0.25, -0.2) is 4.98 Å². The molecule has 12 heavy (non-hydrogen) atoms. The minimum atomic E-state index is 0.601. The lowest BCUT2D eigenvalue weighted by molar-refractivity contribution is 0.445. The van der Waals surface area contributed by atoms with E-state index in [4.69, 9.17) is 5.73 Å². The van der Waals surface area contributed by atoms with Gasteiger partial charge in [0.1, 0.15) is 5.82 Å². The van der Waals surface area contributed by atoms with Gasteiger partial charge in [-0.3, -0.25) is 0 Å². The van der Waals surface area contributed by atoms with Crippen LogP contribution in [0.2, 0.25) is 0 Å². The monoisotopic (exact) mass is 163 g/mol. The van der Waals surface area contributed by atoms with Gasteiger partial charge in [-0.15, -0.1) is 0 Å². The van der Waals surface area contributed by atoms with Crippen LogP contribution in [-0.2, 0) is 0 Å². The van der Waals surface area contributed by atoms with Crippen molar-refractivity contribution in [2.24, 2.45) is 0 Å². The molecule has 1 saturated carbocycles. The zero-order chi connectivity index (χ0) is 8.39. The summed E-state index contributed by atoms with van der Waals surface area (Å²) in [6.07, 6.45) is 5.56. The first-order valence-corrected chi connectivity index (χ1v) is 4.33. The van der Waals surface area contributed by atoms with Crippen LogP contribution in [0.3, 0.4) is 0 Å². The van der Waals surface area contributed by atoms with Crippen LogP contribution in [0, 0.1) is 0 Å². The van der Waals surface area contributed by atoms with Gasteiger partial charge < -0.3 is 11.1 Å². The summed E-state index contributed by atoms with van der Waals surface area (Å²) < 4.78 is 0. The Balaban J connectivity index is 2.06. The first-order chi connectivity index (χ1) is 5.86. The summed E-state index contributed by atoms with van der Waals surface area (Å²) in [6, 6.07) is 4.49. The second-order valence-corrected chi connectivity index (χ2v) is 3.21. The number of aromatic nitrogens is 1. The van der Waals surface area contributed by atoms with E-state index in [9.17, 15) is 0 Å². The van der Waals surface area contributed by atoms with Crippen LogP contribution in [0.4, 0.5) is 11.5 Å². The highest BCUT2D eigenvalue weighted by Gasteiger charge is 2.17. The number of rotatable bonds is 2. The molecular weight excluding hydrogens is 150 g/mol. The molecule has 1 fully saturated rings. The van der Waals surface area contributed by atoms with Gasteiger partial charge in [0, 0.05) is 12.2 Å². The number of hydrogen-bond acceptors (Lipinski definition) is 3. The predicted octanol–water partition coefficient (Wildman–Crippen LogP) is 1.63. The zero-order valence-corrected chi connectivity index (χ0v) is 6.96. The Labute approximate surface area is 72.0 Å². The molecule has 0 unspecified atom stereocenters. The maximum atomic E-state index is 5.67. The van der Waals surface area contributed by atoms with Crippen LogP contribution >= 0.6 is 0 Å². The average Bonchev–Trinajstić information content (AvgIpc) is 2.00. The molecule has 1 heterocycles. The topological polar surface area (TPSA) is 50.9 Å². The van der Waals surface area contributed by atoms with Crippen molar-refractivity contribution in [3.8, 4) is 0 Å². The van der Waals surface area contributed by atoms with Crippen molar-refractivity contribution < 1.29 is 0 Å². The van der Waals surface area contributed by atoms with Crippen molar-refractivity contribution >= 4 is 11.5 Å². The normalized spacial score (nSPS) is 17.0. The van der Waals surface area contributed by atoms with Crippen molar-refractivity contribution in [3.05, 3.63) is 18.3 Å². The van der Waals surface area contributed by atoms with Crippen LogP contribution in [-0.4, -0.2) is 11.0 Å². The van der Waals surface area contributed by atoms with Crippen LogP contribution in [0.15, 0.2) is 18.3 Å². The summed E-state index contributed by atoms with van der Waals surface area (Å²) in [4.78, 5) is 4.01. The van der Waals surface area contributed by atoms with Gasteiger partial charge in [-0.05, 0) is 31.4 Å². The molecule has 3 N–H and O–H groups in total. The van der Waals surface area contributed by atoms with Gasteiger partial charge >= 0.3 is 0 Å². The number of nitrogen functional groups attached to an aromatic ring is 1. The van der Waals surface area contributed by atoms with E-state index >= 15 is 0 Å². The molecule has 1 aliphatic carbocycles. The molecule has 0 saturated heterocycles. The fraction of sp³-hybridized carbons (Fsp3) is 0.444. The van der Waals surface area contributed by atoms with E-state index in [1.807, 2.05) is 12.1 Å². The second-order valence-electron chi connectivity index (χ2n) is 3.21. The molecule has 0 radical (unpaired) electrons. The van der Waals surface area contributed by atoms with Crippen molar-refractivity contribution in [3.63, 3.8) is 0 Å². The van der Waals surface area contributed by atoms with E-state index in [0.717, 1.165) is 5.69 Å². The molecule has 64 valence electrons. The number of nitrogens with two attached hydrogens (primary N) is 1. The van der Waals surface area contributed by atoms with E-state index < -0.39 is 0 Å². The second kappa shape index (κ2) is 3.01. The third-order valence-corrected chi connectivity index (χ3v) is 2.30. The Morgan fingerprint density at radius 1 is 1.50 bits per heavy atom. The average molecular weight is 163 g/mol. The summed E-state index contributed by atoms with van der Waals surface area (Å²) in [5.74, 6) is 0.601. The maximum Gasteiger partial charge on any atom is 0.146 e. The van der Waals surface area contributed by atoms with Crippen molar-refractivity contribution in [2.75, 3.05) is 11.1 Å². The molecule has 0 atom stereocenters. The molecule has 0 amide bonds. The van der Waals surface area contributed by atoms with Gasteiger partial charge in [0.2, 0.25) is 0 Å². The fourth-order valence-electron chi connectivity index (χ4n) is 1.31. The summed E-state index contributed by atoms with van der Waals surface area (Å²) in [7, 11) is 0. The Hall–Kier alpha value is -1.25. The first-order valence-electron chi connectivity index (χ1n) is 4.33. The molecule has 1 aliphatic rings. The summed E-state index contributed by atoms with van der Waals surface area (Å²) in [5, 5.41) is 3.36. The predicted molar refractivity (Wildman–Crippen MR) is 49.9 cm³/mol. The highest BCUT2D eigenvalue weighted by atomic mass is 15.0. The lowest BCUT2D eigenvalue weighted by atomic mass is 9.93. The van der Waals surface area contributed by atoms with Crippen LogP contribution in [0.25, 0.3) is 0 Å². The molecule has 0 bridgehead atoms. The smallest absolute Gasteiger partial charge is 0.146 e. The summed E-state index contributed by atoms with van der Waals surface area (Å²) in [5.41, 5.74) is 6.65. The Bertz CT molecular complexity index is 268. The molecule has 0 spiro atoms. The molecule has 0 aromatic carbocycles. The lowest BCUT2D eigenvalue weighted by Crippen LogP contribution is -2.27. The van der Waals surface area contributed by atoms with E-state index in [-0.39, 0.29) is 0 Å². The molecule has 3 heteroatoms. The Morgan fingerprint density at radius 3 is 2.92 bits per heavy atom. The zero-order valence-electron chi connectivity index (χ0n) is 6.96. The third-order valence-electron chi connectivity index (χ3n) is 2.30. The minimum absolute atomic E-state index is 0.601. The lowest BCUT2D eigenvalue weighted by Gasteiger charge is -2.27. The van der Waals surface area contributed by atoms with Gasteiger partial charge in [-0.2, -0.15) is 0 Å². The SMILES string of the molecule is Nc1ncccc1NC1CCC1. The summed E-state index contributed by atoms with van der Waals surface area (Å²) >= 11 is 0. The number of hydrogen-bond donors (Lipinski definition) is 2. The van der Waals surface area contributed by atoms with Crippen LogP contribution in [0.5, 0.6) is 0 Å². The minimum Gasteiger partial charge on any atom is -0.382 e. The van der Waals surface area contributed by atoms with Crippen molar-refractivity contribution in [2.45, 2.75) is 25.3 Å². The quantitative estimate of drug-likeness (QED) is 0.696. The first kappa shape index (κ1) is 7.40. The van der Waals surface area contributed by atoms with Gasteiger partial charge in [0.25, 0.3) is 0 Å². The number of nitrogens with zero attached hydrogens (tertiary/aromatic N) is 1.